The number of hydrogen-bond acceptors (Lipinski definition) is 6. The Bertz CT molecular complexity index is 572. The minimum absolute atomic E-state index is 0.201. The van der Waals surface area contributed by atoms with Gasteiger partial charge in [-0.2, -0.15) is 5.10 Å². The maximum Gasteiger partial charge on any atom is 0.251 e. The molecule has 2 aromatic rings. The van der Waals surface area contributed by atoms with Gasteiger partial charge in [0.15, 0.2) is 0 Å². The van der Waals surface area contributed by atoms with Gasteiger partial charge in [-0.3, -0.25) is 9.89 Å². The zero-order valence-corrected chi connectivity index (χ0v) is 11.3. The Balaban J connectivity index is 1.83. The summed E-state index contributed by atoms with van der Waals surface area (Å²) in [6.45, 7) is 0.519. The SMILES string of the molecule is NNc1cc(C(=O)NCCCc2ncn[nH]2)cc(Cl)n1. The highest BCUT2D eigenvalue weighted by molar-refractivity contribution is 6.29. The van der Waals surface area contributed by atoms with Crippen LogP contribution in [0.15, 0.2) is 18.5 Å². The molecule has 0 aliphatic rings. The van der Waals surface area contributed by atoms with Crippen molar-refractivity contribution in [3.05, 3.63) is 35.0 Å². The number of carbonyl (C=O) groups is 1. The Labute approximate surface area is 120 Å². The highest BCUT2D eigenvalue weighted by Gasteiger charge is 2.08. The molecular weight excluding hydrogens is 282 g/mol. The Kier molecular flexibility index (Phi) is 4.85. The number of hydrazine groups is 1. The summed E-state index contributed by atoms with van der Waals surface area (Å²) in [6, 6.07) is 3.01. The molecule has 0 aromatic carbocycles. The maximum atomic E-state index is 11.9. The van der Waals surface area contributed by atoms with Crippen LogP contribution >= 0.6 is 11.6 Å². The number of aryl methyl sites for hydroxylation is 1. The van der Waals surface area contributed by atoms with Gasteiger partial charge in [0.2, 0.25) is 0 Å². The fourth-order valence-corrected chi connectivity index (χ4v) is 1.82. The Hall–Kier alpha value is -2.19. The van der Waals surface area contributed by atoms with Gasteiger partial charge in [0.1, 0.15) is 23.1 Å². The number of nitrogens with one attached hydrogen (secondary N) is 3. The number of nitrogens with zero attached hydrogens (tertiary/aromatic N) is 3. The molecule has 2 rings (SSSR count). The van der Waals surface area contributed by atoms with Gasteiger partial charge in [-0.15, -0.1) is 0 Å². The van der Waals surface area contributed by atoms with E-state index >= 15 is 0 Å². The summed E-state index contributed by atoms with van der Waals surface area (Å²) in [5.41, 5.74) is 2.75. The number of aromatic nitrogens is 4. The number of nitrogens with two attached hydrogens (primary N) is 1. The van der Waals surface area contributed by atoms with E-state index in [-0.39, 0.29) is 11.1 Å². The van der Waals surface area contributed by atoms with Crippen molar-refractivity contribution in [3.8, 4) is 0 Å². The summed E-state index contributed by atoms with van der Waals surface area (Å²) < 4.78 is 0. The molecule has 0 saturated carbocycles. The second kappa shape index (κ2) is 6.83. The average molecular weight is 296 g/mol. The molecule has 0 bridgehead atoms. The minimum Gasteiger partial charge on any atom is -0.352 e. The molecule has 0 saturated heterocycles. The van der Waals surface area contributed by atoms with Crippen molar-refractivity contribution in [3.63, 3.8) is 0 Å². The first kappa shape index (κ1) is 14.2. The third-order valence-electron chi connectivity index (χ3n) is 2.54. The Morgan fingerprint density at radius 1 is 1.45 bits per heavy atom. The summed E-state index contributed by atoms with van der Waals surface area (Å²) in [5, 5.41) is 9.49. The number of halogens is 1. The highest BCUT2D eigenvalue weighted by atomic mass is 35.5. The van der Waals surface area contributed by atoms with Crippen LogP contribution in [0.5, 0.6) is 0 Å². The second-order valence-electron chi connectivity index (χ2n) is 4.00. The monoisotopic (exact) mass is 295 g/mol. The molecule has 1 amide bonds. The molecule has 0 spiro atoms. The molecule has 0 radical (unpaired) electrons. The lowest BCUT2D eigenvalue weighted by atomic mass is 10.2. The first-order valence-corrected chi connectivity index (χ1v) is 6.33. The number of carbonyl (C=O) groups excluding carboxylic acids is 1. The number of aromatic amines is 1. The molecule has 0 fully saturated rings. The number of amides is 1. The summed E-state index contributed by atoms with van der Waals surface area (Å²) >= 11 is 5.80. The summed E-state index contributed by atoms with van der Waals surface area (Å²) in [7, 11) is 0. The fraction of sp³-hybridized carbons (Fsp3) is 0.273. The minimum atomic E-state index is -0.233. The van der Waals surface area contributed by atoms with Crippen molar-refractivity contribution in [1.29, 1.82) is 0 Å². The van der Waals surface area contributed by atoms with Crippen molar-refractivity contribution < 1.29 is 4.79 Å². The predicted molar refractivity (Wildman–Crippen MR) is 74.1 cm³/mol. The number of nitrogen functional groups attached to an aromatic ring is 1. The number of anilines is 1. The molecule has 2 aromatic heterocycles. The zero-order valence-electron chi connectivity index (χ0n) is 10.6. The van der Waals surface area contributed by atoms with Gasteiger partial charge in [0.25, 0.3) is 5.91 Å². The molecule has 106 valence electrons. The zero-order chi connectivity index (χ0) is 14.4. The van der Waals surface area contributed by atoms with E-state index in [0.717, 1.165) is 12.2 Å². The first-order valence-electron chi connectivity index (χ1n) is 5.95. The van der Waals surface area contributed by atoms with E-state index in [1.54, 1.807) is 0 Å². The molecular formula is C11H14ClN7O. The lowest BCUT2D eigenvalue weighted by Crippen LogP contribution is -2.25. The number of hydrogen-bond donors (Lipinski definition) is 4. The van der Waals surface area contributed by atoms with E-state index < -0.39 is 0 Å². The maximum absolute atomic E-state index is 11.9. The Morgan fingerprint density at radius 3 is 3.00 bits per heavy atom. The summed E-state index contributed by atoms with van der Waals surface area (Å²) in [5.74, 6) is 6.14. The van der Waals surface area contributed by atoms with Gasteiger partial charge in [-0.1, -0.05) is 11.6 Å². The van der Waals surface area contributed by atoms with Crippen LogP contribution in [0.25, 0.3) is 0 Å². The highest BCUT2D eigenvalue weighted by Crippen LogP contribution is 2.13. The number of pyridine rings is 1. The van der Waals surface area contributed by atoms with Crippen LogP contribution in [0.3, 0.4) is 0 Å². The molecule has 2 heterocycles. The molecule has 0 unspecified atom stereocenters. The molecule has 9 heteroatoms. The van der Waals surface area contributed by atoms with Gasteiger partial charge in [-0.05, 0) is 18.6 Å². The lowest BCUT2D eigenvalue weighted by Gasteiger charge is -2.06. The van der Waals surface area contributed by atoms with E-state index in [1.807, 2.05) is 0 Å². The van der Waals surface area contributed by atoms with Crippen LogP contribution in [0.4, 0.5) is 5.82 Å². The summed E-state index contributed by atoms with van der Waals surface area (Å²) in [6.07, 6.45) is 2.92. The van der Waals surface area contributed by atoms with Gasteiger partial charge in [0, 0.05) is 18.5 Å². The standard InChI is InChI=1S/C11H14ClN7O/c12-8-4-7(5-10(17-8)18-13)11(20)14-3-1-2-9-15-6-16-19-9/h4-6H,1-3,13H2,(H,14,20)(H,17,18)(H,15,16,19). The smallest absolute Gasteiger partial charge is 0.251 e. The third kappa shape index (κ3) is 3.90. The molecule has 20 heavy (non-hydrogen) atoms. The van der Waals surface area contributed by atoms with Gasteiger partial charge in [0.05, 0.1) is 0 Å². The van der Waals surface area contributed by atoms with E-state index in [4.69, 9.17) is 17.4 Å². The van der Waals surface area contributed by atoms with Crippen molar-refractivity contribution in [2.45, 2.75) is 12.8 Å². The molecule has 5 N–H and O–H groups in total. The van der Waals surface area contributed by atoms with Crippen molar-refractivity contribution in [2.75, 3.05) is 12.0 Å². The van der Waals surface area contributed by atoms with E-state index in [1.165, 1.54) is 18.5 Å². The van der Waals surface area contributed by atoms with Crippen LogP contribution in [-0.2, 0) is 6.42 Å². The largest absolute Gasteiger partial charge is 0.352 e. The van der Waals surface area contributed by atoms with E-state index in [9.17, 15) is 4.79 Å². The third-order valence-corrected chi connectivity index (χ3v) is 2.74. The van der Waals surface area contributed by atoms with Crippen molar-refractivity contribution in [1.82, 2.24) is 25.5 Å². The summed E-state index contributed by atoms with van der Waals surface area (Å²) in [4.78, 5) is 19.8. The van der Waals surface area contributed by atoms with Gasteiger partial charge < -0.3 is 10.7 Å². The predicted octanol–water partition coefficient (Wildman–Crippen LogP) is 0.501. The van der Waals surface area contributed by atoms with Crippen LogP contribution in [0.2, 0.25) is 5.15 Å². The first-order chi connectivity index (χ1) is 9.69. The van der Waals surface area contributed by atoms with Crippen molar-refractivity contribution >= 4 is 23.3 Å². The van der Waals surface area contributed by atoms with Crippen LogP contribution in [-0.4, -0.2) is 32.6 Å². The molecule has 0 aliphatic carbocycles. The van der Waals surface area contributed by atoms with Crippen LogP contribution < -0.4 is 16.6 Å². The van der Waals surface area contributed by atoms with Crippen LogP contribution in [0.1, 0.15) is 22.6 Å². The lowest BCUT2D eigenvalue weighted by molar-refractivity contribution is 0.0953. The quantitative estimate of drug-likeness (QED) is 0.266. The Morgan fingerprint density at radius 2 is 2.30 bits per heavy atom. The second-order valence-corrected chi connectivity index (χ2v) is 4.39. The molecule has 0 aliphatic heterocycles. The average Bonchev–Trinajstić information content (AvgIpc) is 2.95. The number of H-pyrrole nitrogens is 1. The fourth-order valence-electron chi connectivity index (χ4n) is 1.61. The molecule has 0 atom stereocenters. The van der Waals surface area contributed by atoms with E-state index in [0.29, 0.717) is 24.3 Å². The van der Waals surface area contributed by atoms with Gasteiger partial charge in [-0.25, -0.2) is 15.8 Å². The molecule has 8 nitrogen and oxygen atoms in total. The van der Waals surface area contributed by atoms with Crippen molar-refractivity contribution in [2.24, 2.45) is 5.84 Å². The topological polar surface area (TPSA) is 122 Å². The normalized spacial score (nSPS) is 10.3. The van der Waals surface area contributed by atoms with E-state index in [2.05, 4.69) is 30.9 Å². The number of rotatable bonds is 6. The van der Waals surface area contributed by atoms with Gasteiger partial charge >= 0.3 is 0 Å². The van der Waals surface area contributed by atoms with Crippen LogP contribution in [0, 0.1) is 0 Å².